The van der Waals surface area contributed by atoms with Crippen LogP contribution in [0.2, 0.25) is 0 Å². The van der Waals surface area contributed by atoms with Gasteiger partial charge in [0.05, 0.1) is 12.2 Å². The van der Waals surface area contributed by atoms with Crippen LogP contribution in [0.1, 0.15) is 5.56 Å². The Hall–Kier alpha value is -1.34. The van der Waals surface area contributed by atoms with Crippen molar-refractivity contribution in [1.82, 2.24) is 10.3 Å². The zero-order valence-electron chi connectivity index (χ0n) is 9.54. The number of nitrogens with one attached hydrogen (secondary N) is 1. The summed E-state index contributed by atoms with van der Waals surface area (Å²) in [5, 5.41) is 3.10. The van der Waals surface area contributed by atoms with Crippen LogP contribution in [0.4, 0.5) is 13.2 Å². The Balaban J connectivity index is 1.92. The van der Waals surface area contributed by atoms with Gasteiger partial charge in [-0.3, -0.25) is 0 Å². The first-order chi connectivity index (χ1) is 8.55. The first-order valence-corrected chi connectivity index (χ1v) is 5.54. The van der Waals surface area contributed by atoms with E-state index in [9.17, 15) is 13.2 Å². The van der Waals surface area contributed by atoms with Crippen LogP contribution in [0.15, 0.2) is 18.3 Å². The third-order valence-electron chi connectivity index (χ3n) is 2.48. The molecule has 1 aliphatic rings. The van der Waals surface area contributed by atoms with E-state index in [-0.39, 0.29) is 18.6 Å². The maximum absolute atomic E-state index is 12.4. The van der Waals surface area contributed by atoms with Crippen LogP contribution in [0.3, 0.4) is 0 Å². The van der Waals surface area contributed by atoms with E-state index in [4.69, 9.17) is 9.47 Å². The SMILES string of the molecule is FC(F)(F)c1ccnc(OCC2CNCCO2)c1. The van der Waals surface area contributed by atoms with Gasteiger partial charge in [0, 0.05) is 25.4 Å². The van der Waals surface area contributed by atoms with Gasteiger partial charge in [-0.05, 0) is 6.07 Å². The van der Waals surface area contributed by atoms with Crippen molar-refractivity contribution < 1.29 is 22.6 Å². The number of morpholine rings is 1. The molecule has 18 heavy (non-hydrogen) atoms. The number of ether oxygens (including phenoxy) is 2. The highest BCUT2D eigenvalue weighted by Gasteiger charge is 2.31. The van der Waals surface area contributed by atoms with Crippen LogP contribution in [0.25, 0.3) is 0 Å². The molecule has 1 atom stereocenters. The minimum absolute atomic E-state index is 0.0426. The van der Waals surface area contributed by atoms with Crippen LogP contribution < -0.4 is 10.1 Å². The monoisotopic (exact) mass is 262 g/mol. The van der Waals surface area contributed by atoms with Crippen molar-refractivity contribution in [3.8, 4) is 5.88 Å². The number of halogens is 3. The summed E-state index contributed by atoms with van der Waals surface area (Å²) in [6.45, 7) is 2.16. The fourth-order valence-corrected chi connectivity index (χ4v) is 1.57. The number of alkyl halides is 3. The Bertz CT molecular complexity index is 392. The Morgan fingerprint density at radius 3 is 3.00 bits per heavy atom. The van der Waals surface area contributed by atoms with Crippen molar-refractivity contribution in [3.63, 3.8) is 0 Å². The van der Waals surface area contributed by atoms with Gasteiger partial charge in [0.2, 0.25) is 5.88 Å². The topological polar surface area (TPSA) is 43.4 Å². The molecule has 0 spiro atoms. The summed E-state index contributed by atoms with van der Waals surface area (Å²) in [6.07, 6.45) is -3.46. The van der Waals surface area contributed by atoms with Crippen LogP contribution in [-0.4, -0.2) is 37.4 Å². The molecule has 0 saturated carbocycles. The minimum atomic E-state index is -4.38. The fraction of sp³-hybridized carbons (Fsp3) is 0.545. The summed E-state index contributed by atoms with van der Waals surface area (Å²) < 4.78 is 47.9. The smallest absolute Gasteiger partial charge is 0.416 e. The predicted molar refractivity (Wildman–Crippen MR) is 57.3 cm³/mol. The molecule has 2 rings (SSSR count). The van der Waals surface area contributed by atoms with Gasteiger partial charge in [-0.25, -0.2) is 4.98 Å². The first-order valence-electron chi connectivity index (χ1n) is 5.54. The molecule has 0 bridgehead atoms. The zero-order chi connectivity index (χ0) is 13.0. The summed E-state index contributed by atoms with van der Waals surface area (Å²) >= 11 is 0. The molecule has 1 unspecified atom stereocenters. The largest absolute Gasteiger partial charge is 0.475 e. The molecule has 1 aromatic heterocycles. The molecule has 1 fully saturated rings. The van der Waals surface area contributed by atoms with Gasteiger partial charge < -0.3 is 14.8 Å². The Labute approximate surface area is 102 Å². The summed E-state index contributed by atoms with van der Waals surface area (Å²) in [6, 6.07) is 1.79. The van der Waals surface area contributed by atoms with Crippen molar-refractivity contribution >= 4 is 0 Å². The van der Waals surface area contributed by atoms with Gasteiger partial charge in [-0.2, -0.15) is 13.2 Å². The average molecular weight is 262 g/mol. The molecule has 1 aromatic rings. The van der Waals surface area contributed by atoms with E-state index >= 15 is 0 Å². The standard InChI is InChI=1S/C11H13F3N2O2/c12-11(13,14)8-1-2-16-10(5-8)18-7-9-6-15-3-4-17-9/h1-2,5,9,15H,3-4,6-7H2. The van der Waals surface area contributed by atoms with Crippen molar-refractivity contribution in [3.05, 3.63) is 23.9 Å². The van der Waals surface area contributed by atoms with E-state index in [1.807, 2.05) is 0 Å². The fourth-order valence-electron chi connectivity index (χ4n) is 1.57. The predicted octanol–water partition coefficient (Wildman–Crippen LogP) is 1.47. The third-order valence-corrected chi connectivity index (χ3v) is 2.48. The van der Waals surface area contributed by atoms with Crippen molar-refractivity contribution in [2.75, 3.05) is 26.3 Å². The number of pyridine rings is 1. The van der Waals surface area contributed by atoms with Gasteiger partial charge >= 0.3 is 6.18 Å². The lowest BCUT2D eigenvalue weighted by Gasteiger charge is -2.23. The van der Waals surface area contributed by atoms with Crippen molar-refractivity contribution in [1.29, 1.82) is 0 Å². The highest BCUT2D eigenvalue weighted by atomic mass is 19.4. The number of aromatic nitrogens is 1. The Morgan fingerprint density at radius 1 is 1.50 bits per heavy atom. The van der Waals surface area contributed by atoms with Crippen molar-refractivity contribution in [2.24, 2.45) is 0 Å². The highest BCUT2D eigenvalue weighted by molar-refractivity contribution is 5.22. The molecule has 0 radical (unpaired) electrons. The quantitative estimate of drug-likeness (QED) is 0.895. The van der Waals surface area contributed by atoms with Crippen LogP contribution >= 0.6 is 0 Å². The Morgan fingerprint density at radius 2 is 2.33 bits per heavy atom. The lowest BCUT2D eigenvalue weighted by Crippen LogP contribution is -2.41. The third kappa shape index (κ3) is 3.58. The van der Waals surface area contributed by atoms with Crippen LogP contribution in [0.5, 0.6) is 5.88 Å². The molecule has 1 saturated heterocycles. The van der Waals surface area contributed by atoms with Crippen LogP contribution in [-0.2, 0) is 10.9 Å². The molecule has 100 valence electrons. The molecule has 1 N–H and O–H groups in total. The molecule has 2 heterocycles. The normalized spacial score (nSPS) is 20.7. The molecule has 0 amide bonds. The van der Waals surface area contributed by atoms with E-state index < -0.39 is 11.7 Å². The second-order valence-corrected chi connectivity index (χ2v) is 3.89. The molecular formula is C11H13F3N2O2. The molecule has 1 aliphatic heterocycles. The first kappa shape index (κ1) is 13.1. The number of nitrogens with zero attached hydrogens (tertiary/aromatic N) is 1. The summed E-state index contributed by atoms with van der Waals surface area (Å²) in [5.74, 6) is -0.0426. The molecular weight excluding hydrogens is 249 g/mol. The Kier molecular flexibility index (Phi) is 4.03. The molecule has 0 aliphatic carbocycles. The van der Waals surface area contributed by atoms with E-state index in [1.165, 1.54) is 0 Å². The van der Waals surface area contributed by atoms with Gasteiger partial charge in [0.25, 0.3) is 0 Å². The molecule has 4 nitrogen and oxygen atoms in total. The second-order valence-electron chi connectivity index (χ2n) is 3.89. The second kappa shape index (κ2) is 5.53. The van der Waals surface area contributed by atoms with Gasteiger partial charge in [0.1, 0.15) is 12.7 Å². The zero-order valence-corrected chi connectivity index (χ0v) is 9.54. The van der Waals surface area contributed by atoms with E-state index in [0.29, 0.717) is 13.2 Å². The minimum Gasteiger partial charge on any atom is -0.475 e. The lowest BCUT2D eigenvalue weighted by molar-refractivity contribution is -0.137. The van der Waals surface area contributed by atoms with Gasteiger partial charge in [0.15, 0.2) is 0 Å². The van der Waals surface area contributed by atoms with E-state index in [1.54, 1.807) is 0 Å². The van der Waals surface area contributed by atoms with Crippen LogP contribution in [0, 0.1) is 0 Å². The number of rotatable bonds is 3. The molecule has 7 heteroatoms. The van der Waals surface area contributed by atoms with Gasteiger partial charge in [-0.1, -0.05) is 0 Å². The van der Waals surface area contributed by atoms with E-state index in [2.05, 4.69) is 10.3 Å². The maximum atomic E-state index is 12.4. The maximum Gasteiger partial charge on any atom is 0.416 e. The number of hydrogen-bond acceptors (Lipinski definition) is 4. The summed E-state index contributed by atoms with van der Waals surface area (Å²) in [4.78, 5) is 3.74. The molecule has 0 aromatic carbocycles. The lowest BCUT2D eigenvalue weighted by atomic mass is 10.2. The van der Waals surface area contributed by atoms with E-state index in [0.717, 1.165) is 24.9 Å². The summed E-state index contributed by atoms with van der Waals surface area (Å²) in [5.41, 5.74) is -0.768. The number of hydrogen-bond donors (Lipinski definition) is 1. The van der Waals surface area contributed by atoms with Crippen molar-refractivity contribution in [2.45, 2.75) is 12.3 Å². The average Bonchev–Trinajstić information content (AvgIpc) is 2.37. The van der Waals surface area contributed by atoms with Gasteiger partial charge in [-0.15, -0.1) is 0 Å². The summed E-state index contributed by atoms with van der Waals surface area (Å²) in [7, 11) is 0. The highest BCUT2D eigenvalue weighted by Crippen LogP contribution is 2.30.